The monoisotopic (exact) mass is 287 g/mol. The van der Waals surface area contributed by atoms with Crippen LogP contribution in [0.3, 0.4) is 0 Å². The van der Waals surface area contributed by atoms with E-state index in [1.807, 2.05) is 6.92 Å². The molecule has 0 heterocycles. The third-order valence-electron chi connectivity index (χ3n) is 1.95. The Morgan fingerprint density at radius 2 is 2.31 bits per heavy atom. The van der Waals surface area contributed by atoms with E-state index in [1.165, 1.54) is 12.1 Å². The van der Waals surface area contributed by atoms with Crippen molar-refractivity contribution in [3.05, 3.63) is 40.6 Å². The van der Waals surface area contributed by atoms with Gasteiger partial charge in [-0.2, -0.15) is 0 Å². The minimum atomic E-state index is -0.310. The summed E-state index contributed by atoms with van der Waals surface area (Å²) >= 11 is 3.30. The van der Waals surface area contributed by atoms with E-state index in [1.54, 1.807) is 6.07 Å². The van der Waals surface area contributed by atoms with Crippen molar-refractivity contribution in [3.63, 3.8) is 0 Å². The molecule has 0 aliphatic carbocycles. The van der Waals surface area contributed by atoms with Crippen LogP contribution < -0.4 is 10.1 Å². The highest BCUT2D eigenvalue weighted by Crippen LogP contribution is 2.25. The molecule has 4 heteroatoms. The van der Waals surface area contributed by atoms with Gasteiger partial charge < -0.3 is 10.1 Å². The highest BCUT2D eigenvalue weighted by molar-refractivity contribution is 9.10. The van der Waals surface area contributed by atoms with Gasteiger partial charge in [-0.3, -0.25) is 0 Å². The second-order valence-electron chi connectivity index (χ2n) is 3.39. The maximum Gasteiger partial charge on any atom is 0.136 e. The van der Waals surface area contributed by atoms with Gasteiger partial charge in [-0.1, -0.05) is 13.5 Å². The van der Waals surface area contributed by atoms with Gasteiger partial charge in [-0.15, -0.1) is 0 Å². The van der Waals surface area contributed by atoms with Crippen molar-refractivity contribution in [2.75, 3.05) is 19.7 Å². The molecule has 1 N–H and O–H groups in total. The largest absolute Gasteiger partial charge is 0.488 e. The fraction of sp³-hybridized carbons (Fsp3) is 0.333. The summed E-state index contributed by atoms with van der Waals surface area (Å²) in [6.45, 7) is 7.88. The average Bonchev–Trinajstić information content (AvgIpc) is 2.27. The quantitative estimate of drug-likeness (QED) is 0.812. The Labute approximate surface area is 104 Å². The molecule has 1 aromatic rings. The molecule has 0 saturated heterocycles. The van der Waals surface area contributed by atoms with Crippen molar-refractivity contribution in [2.24, 2.45) is 0 Å². The van der Waals surface area contributed by atoms with Gasteiger partial charge in [0, 0.05) is 12.6 Å². The Morgan fingerprint density at radius 1 is 1.56 bits per heavy atom. The molecule has 16 heavy (non-hydrogen) atoms. The Hall–Kier alpha value is -0.870. The predicted octanol–water partition coefficient (Wildman–Crippen LogP) is 3.13. The van der Waals surface area contributed by atoms with Crippen molar-refractivity contribution in [1.82, 2.24) is 5.32 Å². The molecule has 0 amide bonds. The summed E-state index contributed by atoms with van der Waals surface area (Å²) < 4.78 is 19.1. The molecule has 0 atom stereocenters. The fourth-order valence-corrected chi connectivity index (χ4v) is 1.48. The number of hydrogen-bond donors (Lipinski definition) is 1. The summed E-state index contributed by atoms with van der Waals surface area (Å²) in [6.07, 6.45) is 0. The number of hydrogen-bond acceptors (Lipinski definition) is 2. The van der Waals surface area contributed by atoms with E-state index >= 15 is 0 Å². The van der Waals surface area contributed by atoms with Crippen molar-refractivity contribution < 1.29 is 9.13 Å². The lowest BCUT2D eigenvalue weighted by Crippen LogP contribution is -2.18. The van der Waals surface area contributed by atoms with Gasteiger partial charge in [0.15, 0.2) is 0 Å². The SMILES string of the molecule is C=C(CNCC)COc1cc(F)ccc1Br. The standard InChI is InChI=1S/C12H15BrFNO/c1-3-15-7-9(2)8-16-12-6-10(14)4-5-11(12)13/h4-6,15H,2-3,7-8H2,1H3. The minimum absolute atomic E-state index is 0.310. The summed E-state index contributed by atoms with van der Waals surface area (Å²) in [7, 11) is 0. The molecule has 0 aliphatic rings. The van der Waals surface area contributed by atoms with Crippen LogP contribution in [-0.4, -0.2) is 19.7 Å². The number of nitrogens with one attached hydrogen (secondary N) is 1. The van der Waals surface area contributed by atoms with Crippen LogP contribution in [0.5, 0.6) is 5.75 Å². The average molecular weight is 288 g/mol. The Bertz CT molecular complexity index is 368. The molecule has 0 unspecified atom stereocenters. The first-order valence-electron chi connectivity index (χ1n) is 5.08. The lowest BCUT2D eigenvalue weighted by atomic mass is 10.3. The number of benzene rings is 1. The molecular weight excluding hydrogens is 273 g/mol. The molecule has 2 nitrogen and oxygen atoms in total. The lowest BCUT2D eigenvalue weighted by Gasteiger charge is -2.10. The molecular formula is C12H15BrFNO. The highest BCUT2D eigenvalue weighted by atomic mass is 79.9. The van der Waals surface area contributed by atoms with Crippen molar-refractivity contribution >= 4 is 15.9 Å². The fourth-order valence-electron chi connectivity index (χ4n) is 1.12. The van der Waals surface area contributed by atoms with Gasteiger partial charge in [0.2, 0.25) is 0 Å². The third-order valence-corrected chi connectivity index (χ3v) is 2.61. The van der Waals surface area contributed by atoms with E-state index in [2.05, 4.69) is 27.8 Å². The zero-order valence-corrected chi connectivity index (χ0v) is 10.8. The van der Waals surface area contributed by atoms with Gasteiger partial charge >= 0.3 is 0 Å². The first-order chi connectivity index (χ1) is 7.63. The zero-order valence-electron chi connectivity index (χ0n) is 9.22. The van der Waals surface area contributed by atoms with Gasteiger partial charge in [0.05, 0.1) is 4.47 Å². The maximum atomic E-state index is 12.9. The first-order valence-corrected chi connectivity index (χ1v) is 5.88. The molecule has 0 radical (unpaired) electrons. The zero-order chi connectivity index (χ0) is 12.0. The summed E-state index contributed by atoms with van der Waals surface area (Å²) in [4.78, 5) is 0. The van der Waals surface area contributed by atoms with Crippen molar-refractivity contribution in [2.45, 2.75) is 6.92 Å². The van der Waals surface area contributed by atoms with Crippen LogP contribution in [0.2, 0.25) is 0 Å². The topological polar surface area (TPSA) is 21.3 Å². The van der Waals surface area contributed by atoms with Gasteiger partial charge in [-0.25, -0.2) is 4.39 Å². The van der Waals surface area contributed by atoms with Gasteiger partial charge in [-0.05, 0) is 40.2 Å². The molecule has 88 valence electrons. The smallest absolute Gasteiger partial charge is 0.136 e. The van der Waals surface area contributed by atoms with Crippen LogP contribution in [0, 0.1) is 5.82 Å². The van der Waals surface area contributed by atoms with Crippen LogP contribution in [0.4, 0.5) is 4.39 Å². The molecule has 0 saturated carbocycles. The van der Waals surface area contributed by atoms with E-state index in [9.17, 15) is 4.39 Å². The second-order valence-corrected chi connectivity index (χ2v) is 4.25. The highest BCUT2D eigenvalue weighted by Gasteiger charge is 2.03. The van der Waals surface area contributed by atoms with Crippen LogP contribution in [0.25, 0.3) is 0 Å². The lowest BCUT2D eigenvalue weighted by molar-refractivity contribution is 0.344. The van der Waals surface area contributed by atoms with Crippen molar-refractivity contribution in [3.8, 4) is 5.75 Å². The Morgan fingerprint density at radius 3 is 3.00 bits per heavy atom. The summed E-state index contributed by atoms with van der Waals surface area (Å²) in [6, 6.07) is 4.35. The molecule has 0 spiro atoms. The Kier molecular flexibility index (Phi) is 5.49. The Balaban J connectivity index is 2.47. The first kappa shape index (κ1) is 13.2. The van der Waals surface area contributed by atoms with E-state index in [0.29, 0.717) is 18.9 Å². The van der Waals surface area contributed by atoms with E-state index in [0.717, 1.165) is 16.6 Å². The molecule has 0 bridgehead atoms. The second kappa shape index (κ2) is 6.66. The van der Waals surface area contributed by atoms with Crippen LogP contribution in [0.15, 0.2) is 34.8 Å². The molecule has 0 aromatic heterocycles. The number of ether oxygens (including phenoxy) is 1. The number of likely N-dealkylation sites (N-methyl/N-ethyl adjacent to an activating group) is 1. The minimum Gasteiger partial charge on any atom is -0.488 e. The van der Waals surface area contributed by atoms with Gasteiger partial charge in [0.25, 0.3) is 0 Å². The summed E-state index contributed by atoms with van der Waals surface area (Å²) in [5.41, 5.74) is 0.929. The van der Waals surface area contributed by atoms with E-state index in [4.69, 9.17) is 4.74 Å². The van der Waals surface area contributed by atoms with Crippen LogP contribution in [-0.2, 0) is 0 Å². The summed E-state index contributed by atoms with van der Waals surface area (Å²) in [5.74, 6) is 0.188. The third kappa shape index (κ3) is 4.33. The van der Waals surface area contributed by atoms with Crippen molar-refractivity contribution in [1.29, 1.82) is 0 Å². The van der Waals surface area contributed by atoms with E-state index in [-0.39, 0.29) is 5.82 Å². The maximum absolute atomic E-state index is 12.9. The molecule has 1 rings (SSSR count). The molecule has 0 aliphatic heterocycles. The molecule has 1 aromatic carbocycles. The normalized spacial score (nSPS) is 10.2. The number of halogens is 2. The molecule has 0 fully saturated rings. The predicted molar refractivity (Wildman–Crippen MR) is 67.3 cm³/mol. The summed E-state index contributed by atoms with van der Waals surface area (Å²) in [5, 5.41) is 3.14. The van der Waals surface area contributed by atoms with E-state index < -0.39 is 0 Å². The van der Waals surface area contributed by atoms with Gasteiger partial charge in [0.1, 0.15) is 18.2 Å². The van der Waals surface area contributed by atoms with Crippen LogP contribution >= 0.6 is 15.9 Å². The van der Waals surface area contributed by atoms with Crippen LogP contribution in [0.1, 0.15) is 6.92 Å². The number of rotatable bonds is 6.